The van der Waals surface area contributed by atoms with Crippen LogP contribution in [-0.2, 0) is 21.8 Å². The van der Waals surface area contributed by atoms with Crippen molar-refractivity contribution in [2.75, 3.05) is 35.9 Å². The highest BCUT2D eigenvalue weighted by Gasteiger charge is 2.37. The van der Waals surface area contributed by atoms with Crippen molar-refractivity contribution in [1.29, 1.82) is 0 Å². The number of halogens is 4. The molecule has 0 spiro atoms. The number of hydrogen-bond donors (Lipinski definition) is 2. The van der Waals surface area contributed by atoms with Crippen molar-refractivity contribution in [2.45, 2.75) is 6.18 Å². The molecular formula is C21H18F4N4O3S. The number of hydrogen-bond acceptors (Lipinski definition) is 6. The Bertz CT molecular complexity index is 1220. The molecule has 1 saturated heterocycles. The van der Waals surface area contributed by atoms with Crippen molar-refractivity contribution in [2.24, 2.45) is 0 Å². The highest BCUT2D eigenvalue weighted by Crippen LogP contribution is 2.41. The first kappa shape index (κ1) is 22.9. The van der Waals surface area contributed by atoms with E-state index in [-0.39, 0.29) is 28.3 Å². The molecule has 0 saturated carbocycles. The zero-order valence-electron chi connectivity index (χ0n) is 17.0. The number of alkyl halides is 3. The molecule has 0 atom stereocenters. The summed E-state index contributed by atoms with van der Waals surface area (Å²) in [4.78, 5) is 9.33. The molecule has 3 aromatic rings. The number of nitrogens with zero attached hydrogens (tertiary/aromatic N) is 3. The minimum atomic E-state index is -4.82. The monoisotopic (exact) mass is 482 g/mol. The van der Waals surface area contributed by atoms with Crippen molar-refractivity contribution in [1.82, 2.24) is 9.97 Å². The first-order chi connectivity index (χ1) is 15.7. The summed E-state index contributed by atoms with van der Waals surface area (Å²) < 4.78 is 84.6. The van der Waals surface area contributed by atoms with E-state index in [1.807, 2.05) is 0 Å². The molecule has 2 heterocycles. The number of anilines is 2. The van der Waals surface area contributed by atoms with Gasteiger partial charge in [-0.2, -0.15) is 13.2 Å². The van der Waals surface area contributed by atoms with Gasteiger partial charge in [-0.15, -0.1) is 0 Å². The predicted octanol–water partition coefficient (Wildman–Crippen LogP) is 3.74. The highest BCUT2D eigenvalue weighted by molar-refractivity contribution is 7.73. The van der Waals surface area contributed by atoms with Crippen LogP contribution in [0.1, 0.15) is 5.82 Å². The van der Waals surface area contributed by atoms with E-state index in [1.54, 1.807) is 17.0 Å². The van der Waals surface area contributed by atoms with Crippen molar-refractivity contribution >= 4 is 22.4 Å². The van der Waals surface area contributed by atoms with Crippen molar-refractivity contribution in [3.05, 3.63) is 60.2 Å². The normalized spacial score (nSPS) is 14.5. The van der Waals surface area contributed by atoms with Gasteiger partial charge >= 0.3 is 6.18 Å². The van der Waals surface area contributed by atoms with Gasteiger partial charge in [-0.3, -0.25) is 4.72 Å². The summed E-state index contributed by atoms with van der Waals surface area (Å²) in [6, 6.07) is 11.1. The Morgan fingerprint density at radius 2 is 1.67 bits per heavy atom. The van der Waals surface area contributed by atoms with E-state index < -0.39 is 28.7 Å². The quantitative estimate of drug-likeness (QED) is 0.426. The Morgan fingerprint density at radius 1 is 0.970 bits per heavy atom. The van der Waals surface area contributed by atoms with Gasteiger partial charge in [-0.25, -0.2) is 22.8 Å². The lowest BCUT2D eigenvalue weighted by Gasteiger charge is -2.31. The smallest absolute Gasteiger partial charge is 0.378 e. The molecule has 0 unspecified atom stereocenters. The second-order valence-electron chi connectivity index (χ2n) is 7.15. The topological polar surface area (TPSA) is 84.4 Å². The fraction of sp³-hybridized carbons (Fsp3) is 0.238. The maximum Gasteiger partial charge on any atom is 0.451 e. The SMILES string of the molecule is O=[SH](=O)Nc1cccc(-c2c(-c3ccc(F)cc3)nc(C(F)(F)F)nc2N2CCOCC2)c1. The predicted molar refractivity (Wildman–Crippen MR) is 115 cm³/mol. The van der Waals surface area contributed by atoms with Gasteiger partial charge in [-0.1, -0.05) is 12.1 Å². The molecule has 0 amide bonds. The summed E-state index contributed by atoms with van der Waals surface area (Å²) in [6.07, 6.45) is -4.82. The molecule has 33 heavy (non-hydrogen) atoms. The minimum absolute atomic E-state index is 0.0311. The lowest BCUT2D eigenvalue weighted by atomic mass is 9.98. The summed E-state index contributed by atoms with van der Waals surface area (Å²) in [7, 11) is -2.95. The van der Waals surface area contributed by atoms with Crippen molar-refractivity contribution < 1.29 is 30.7 Å². The van der Waals surface area contributed by atoms with Gasteiger partial charge in [0, 0.05) is 24.3 Å². The zero-order chi connectivity index (χ0) is 23.6. The third-order valence-corrected chi connectivity index (χ3v) is 5.38. The highest BCUT2D eigenvalue weighted by atomic mass is 32.2. The average molecular weight is 482 g/mol. The van der Waals surface area contributed by atoms with Crippen LogP contribution in [0.2, 0.25) is 0 Å². The van der Waals surface area contributed by atoms with Crippen molar-refractivity contribution in [3.8, 4) is 22.4 Å². The van der Waals surface area contributed by atoms with Crippen LogP contribution in [0.3, 0.4) is 0 Å². The number of morpholine rings is 1. The van der Waals surface area contributed by atoms with Crippen LogP contribution in [0.4, 0.5) is 29.1 Å². The maximum absolute atomic E-state index is 13.7. The Kier molecular flexibility index (Phi) is 6.47. The van der Waals surface area contributed by atoms with Gasteiger partial charge in [0.1, 0.15) is 11.6 Å². The van der Waals surface area contributed by atoms with Gasteiger partial charge in [0.15, 0.2) is 0 Å². The summed E-state index contributed by atoms with van der Waals surface area (Å²) in [5, 5.41) is 0. The standard InChI is InChI=1S/C21H18F4N4O3S/c22-15-6-4-13(5-7-15)18-17(14-2-1-3-16(12-14)28-33(30)31)19(29-8-10-32-11-9-29)27-20(26-18)21(23,24)25/h1-7,12,33H,8-11H2,(H,28,30,31). The van der Waals surface area contributed by atoms with Gasteiger partial charge in [0.25, 0.3) is 0 Å². The first-order valence-corrected chi connectivity index (χ1v) is 11.0. The molecular weight excluding hydrogens is 464 g/mol. The van der Waals surface area contributed by atoms with Crippen LogP contribution in [0.5, 0.6) is 0 Å². The Labute approximate surface area is 188 Å². The first-order valence-electron chi connectivity index (χ1n) is 9.82. The lowest BCUT2D eigenvalue weighted by molar-refractivity contribution is -0.144. The molecule has 1 aliphatic heterocycles. The summed E-state index contributed by atoms with van der Waals surface area (Å²) in [5.41, 5.74) is 1.08. The molecule has 1 N–H and O–H groups in total. The third-order valence-electron chi connectivity index (χ3n) is 4.94. The van der Waals surface area contributed by atoms with Crippen LogP contribution < -0.4 is 9.62 Å². The second-order valence-corrected chi connectivity index (χ2v) is 7.89. The molecule has 1 fully saturated rings. The van der Waals surface area contributed by atoms with Crippen LogP contribution in [0.25, 0.3) is 22.4 Å². The zero-order valence-corrected chi connectivity index (χ0v) is 17.9. The Morgan fingerprint density at radius 3 is 2.30 bits per heavy atom. The van der Waals surface area contributed by atoms with Crippen LogP contribution in [0, 0.1) is 5.82 Å². The Balaban J connectivity index is 2.01. The van der Waals surface area contributed by atoms with Gasteiger partial charge < -0.3 is 9.64 Å². The summed E-state index contributed by atoms with van der Waals surface area (Å²) >= 11 is 0. The average Bonchev–Trinajstić information content (AvgIpc) is 2.78. The maximum atomic E-state index is 13.7. The molecule has 0 radical (unpaired) electrons. The molecule has 12 heteroatoms. The van der Waals surface area contributed by atoms with Crippen LogP contribution in [0.15, 0.2) is 48.5 Å². The lowest BCUT2D eigenvalue weighted by Crippen LogP contribution is -2.37. The van der Waals surface area contributed by atoms with E-state index in [9.17, 15) is 26.0 Å². The molecule has 0 aliphatic carbocycles. The molecule has 174 valence electrons. The van der Waals surface area contributed by atoms with Gasteiger partial charge in [0.05, 0.1) is 24.5 Å². The molecule has 2 aromatic carbocycles. The number of thiol groups is 1. The number of nitrogens with one attached hydrogen (secondary N) is 1. The largest absolute Gasteiger partial charge is 0.451 e. The summed E-state index contributed by atoms with van der Waals surface area (Å²) in [5.74, 6) is -1.85. The summed E-state index contributed by atoms with van der Waals surface area (Å²) in [6.45, 7) is 1.20. The molecule has 7 nitrogen and oxygen atoms in total. The molecule has 1 aliphatic rings. The van der Waals surface area contributed by atoms with Gasteiger partial charge in [0.2, 0.25) is 16.7 Å². The Hall–Kier alpha value is -3.25. The van der Waals surface area contributed by atoms with E-state index in [0.717, 1.165) is 12.1 Å². The van der Waals surface area contributed by atoms with E-state index in [4.69, 9.17) is 4.74 Å². The van der Waals surface area contributed by atoms with Crippen LogP contribution in [-0.4, -0.2) is 44.7 Å². The van der Waals surface area contributed by atoms with E-state index in [2.05, 4.69) is 14.7 Å². The molecule has 0 bridgehead atoms. The molecule has 1 aromatic heterocycles. The number of aromatic nitrogens is 2. The minimum Gasteiger partial charge on any atom is -0.378 e. The molecule has 4 rings (SSSR count). The number of ether oxygens (including phenoxy) is 1. The second kappa shape index (κ2) is 9.32. The van der Waals surface area contributed by atoms with Crippen molar-refractivity contribution in [3.63, 3.8) is 0 Å². The number of rotatable bonds is 5. The van der Waals surface area contributed by atoms with E-state index >= 15 is 0 Å². The van der Waals surface area contributed by atoms with Gasteiger partial charge in [-0.05, 0) is 42.0 Å². The van der Waals surface area contributed by atoms with E-state index in [1.165, 1.54) is 24.3 Å². The van der Waals surface area contributed by atoms with Crippen LogP contribution >= 0.6 is 0 Å². The fourth-order valence-electron chi connectivity index (χ4n) is 3.51. The number of benzene rings is 2. The third kappa shape index (κ3) is 5.22. The van der Waals surface area contributed by atoms with E-state index in [0.29, 0.717) is 31.9 Å². The fourth-order valence-corrected chi connectivity index (χ4v) is 3.86.